The SMILES string of the molecule is COC(=O)C(NC(=O)N1CCCC1c1nc(I)cn1COCC[Si](C)(C)C)C(C)C. The molecule has 1 fully saturated rings. The first-order chi connectivity index (χ1) is 14.0. The normalized spacial score (nSPS) is 18.0. The van der Waals surface area contributed by atoms with Gasteiger partial charge in [-0.05, 0) is 47.4 Å². The van der Waals surface area contributed by atoms with Gasteiger partial charge in [-0.15, -0.1) is 0 Å². The summed E-state index contributed by atoms with van der Waals surface area (Å²) in [6.07, 6.45) is 3.69. The lowest BCUT2D eigenvalue weighted by Gasteiger charge is -2.28. The minimum atomic E-state index is -1.14. The molecule has 0 spiro atoms. The van der Waals surface area contributed by atoms with Gasteiger partial charge in [0.25, 0.3) is 0 Å². The number of esters is 1. The summed E-state index contributed by atoms with van der Waals surface area (Å²) in [6, 6.07) is 0.0369. The largest absolute Gasteiger partial charge is 0.467 e. The van der Waals surface area contributed by atoms with Crippen molar-refractivity contribution in [3.8, 4) is 0 Å². The third-order valence-corrected chi connectivity index (χ3v) is 7.44. The summed E-state index contributed by atoms with van der Waals surface area (Å²) in [5.41, 5.74) is 0. The molecule has 1 aromatic rings. The third kappa shape index (κ3) is 6.94. The fourth-order valence-electron chi connectivity index (χ4n) is 3.43. The highest BCUT2D eigenvalue weighted by molar-refractivity contribution is 14.1. The Morgan fingerprint density at radius 1 is 1.37 bits per heavy atom. The Morgan fingerprint density at radius 3 is 2.67 bits per heavy atom. The average molecular weight is 551 g/mol. The van der Waals surface area contributed by atoms with Gasteiger partial charge in [0, 0.05) is 27.4 Å². The predicted molar refractivity (Wildman–Crippen MR) is 127 cm³/mol. The molecule has 0 saturated carbocycles. The second-order valence-corrected chi connectivity index (χ2v) is 16.0. The summed E-state index contributed by atoms with van der Waals surface area (Å²) < 4.78 is 13.6. The van der Waals surface area contributed by atoms with Gasteiger partial charge in [-0.2, -0.15) is 0 Å². The third-order valence-electron chi connectivity index (χ3n) is 5.22. The van der Waals surface area contributed by atoms with E-state index >= 15 is 0 Å². The first-order valence-electron chi connectivity index (χ1n) is 10.5. The lowest BCUT2D eigenvalue weighted by Crippen LogP contribution is -2.50. The number of rotatable bonds is 9. The van der Waals surface area contributed by atoms with E-state index in [4.69, 9.17) is 9.47 Å². The maximum Gasteiger partial charge on any atom is 0.328 e. The minimum absolute atomic E-state index is 0.0647. The maximum atomic E-state index is 13.0. The van der Waals surface area contributed by atoms with Crippen molar-refractivity contribution in [1.82, 2.24) is 19.8 Å². The van der Waals surface area contributed by atoms with Crippen molar-refractivity contribution in [3.05, 3.63) is 15.7 Å². The molecule has 2 rings (SSSR count). The molecule has 0 radical (unpaired) electrons. The first kappa shape index (κ1) is 25.1. The summed E-state index contributed by atoms with van der Waals surface area (Å²) in [7, 11) is 0.193. The van der Waals surface area contributed by atoms with Crippen LogP contribution in [0.1, 0.15) is 38.6 Å². The molecule has 8 nitrogen and oxygen atoms in total. The zero-order valence-corrected chi connectivity index (χ0v) is 22.1. The highest BCUT2D eigenvalue weighted by Crippen LogP contribution is 2.32. The van der Waals surface area contributed by atoms with E-state index < -0.39 is 20.1 Å². The summed E-state index contributed by atoms with van der Waals surface area (Å²) in [5, 5.41) is 2.85. The Hall–Kier alpha value is -1.14. The van der Waals surface area contributed by atoms with Gasteiger partial charge in [0.15, 0.2) is 0 Å². The number of hydrogen-bond donors (Lipinski definition) is 1. The summed E-state index contributed by atoms with van der Waals surface area (Å²) in [6.45, 7) is 12.5. The lowest BCUT2D eigenvalue weighted by atomic mass is 10.1. The van der Waals surface area contributed by atoms with E-state index in [9.17, 15) is 9.59 Å². The molecule has 2 unspecified atom stereocenters. The molecular formula is C20H35IN4O4Si. The smallest absolute Gasteiger partial charge is 0.328 e. The number of hydrogen-bond acceptors (Lipinski definition) is 5. The van der Waals surface area contributed by atoms with Crippen molar-refractivity contribution < 1.29 is 19.1 Å². The molecule has 2 heterocycles. The highest BCUT2D eigenvalue weighted by atomic mass is 127. The number of imidazole rings is 1. The van der Waals surface area contributed by atoms with Crippen LogP contribution < -0.4 is 5.32 Å². The number of aromatic nitrogens is 2. The van der Waals surface area contributed by atoms with Crippen molar-refractivity contribution in [3.63, 3.8) is 0 Å². The summed E-state index contributed by atoms with van der Waals surface area (Å²) >= 11 is 2.19. The van der Waals surface area contributed by atoms with E-state index in [2.05, 4.69) is 52.5 Å². The van der Waals surface area contributed by atoms with E-state index in [0.29, 0.717) is 13.3 Å². The van der Waals surface area contributed by atoms with Gasteiger partial charge in [-0.1, -0.05) is 33.5 Å². The Balaban J connectivity index is 2.09. The molecule has 10 heteroatoms. The summed E-state index contributed by atoms with van der Waals surface area (Å²) in [4.78, 5) is 31.5. The highest BCUT2D eigenvalue weighted by Gasteiger charge is 2.36. The van der Waals surface area contributed by atoms with Gasteiger partial charge >= 0.3 is 12.0 Å². The number of nitrogens with one attached hydrogen (secondary N) is 1. The quantitative estimate of drug-likeness (QED) is 0.219. The fourth-order valence-corrected chi connectivity index (χ4v) is 4.77. The van der Waals surface area contributed by atoms with Crippen LogP contribution in [-0.4, -0.2) is 60.8 Å². The van der Waals surface area contributed by atoms with E-state index in [0.717, 1.165) is 35.0 Å². The molecule has 0 bridgehead atoms. The van der Waals surface area contributed by atoms with Crippen LogP contribution in [0, 0.1) is 9.62 Å². The number of amides is 2. The molecule has 1 N–H and O–H groups in total. The van der Waals surface area contributed by atoms with Crippen molar-refractivity contribution in [2.75, 3.05) is 20.3 Å². The Morgan fingerprint density at radius 2 is 2.07 bits per heavy atom. The van der Waals surface area contributed by atoms with Crippen LogP contribution in [0.2, 0.25) is 25.7 Å². The number of halogens is 1. The van der Waals surface area contributed by atoms with Gasteiger partial charge < -0.3 is 24.3 Å². The molecule has 170 valence electrons. The van der Waals surface area contributed by atoms with Crippen LogP contribution in [0.25, 0.3) is 0 Å². The Kier molecular flexibility index (Phi) is 9.16. The minimum Gasteiger partial charge on any atom is -0.467 e. The van der Waals surface area contributed by atoms with E-state index in [1.165, 1.54) is 7.11 Å². The van der Waals surface area contributed by atoms with Gasteiger partial charge in [0.2, 0.25) is 0 Å². The standard InChI is InChI=1S/C20H35IN4O4Si/c1-14(2)17(19(26)28-3)23-20(27)25-9-7-8-15(25)18-22-16(21)12-24(18)13-29-10-11-30(4,5)6/h12,14-15,17H,7-11,13H2,1-6H3,(H,23,27). The second kappa shape index (κ2) is 10.9. The number of urea groups is 1. The van der Waals surface area contributed by atoms with Crippen molar-refractivity contribution in [1.29, 1.82) is 0 Å². The monoisotopic (exact) mass is 550 g/mol. The lowest BCUT2D eigenvalue weighted by molar-refractivity contribution is -0.144. The van der Waals surface area contributed by atoms with Crippen LogP contribution in [0.15, 0.2) is 6.20 Å². The van der Waals surface area contributed by atoms with E-state index in [1.807, 2.05) is 24.6 Å². The molecule has 1 aliphatic heterocycles. The molecule has 2 amide bonds. The van der Waals surface area contributed by atoms with E-state index in [-0.39, 0.29) is 18.0 Å². The number of carbonyl (C=O) groups is 2. The topological polar surface area (TPSA) is 85.7 Å². The Labute approximate surface area is 194 Å². The predicted octanol–water partition coefficient (Wildman–Crippen LogP) is 3.84. The van der Waals surface area contributed by atoms with Crippen LogP contribution in [0.4, 0.5) is 4.79 Å². The van der Waals surface area contributed by atoms with Gasteiger partial charge in [0.1, 0.15) is 22.3 Å². The number of likely N-dealkylation sites (tertiary alicyclic amines) is 1. The zero-order chi connectivity index (χ0) is 22.5. The fraction of sp³-hybridized carbons (Fsp3) is 0.750. The zero-order valence-electron chi connectivity index (χ0n) is 18.9. The average Bonchev–Trinajstić information content (AvgIpc) is 3.27. The number of nitrogens with zero attached hydrogens (tertiary/aromatic N) is 3. The van der Waals surface area contributed by atoms with Crippen LogP contribution in [0.5, 0.6) is 0 Å². The van der Waals surface area contributed by atoms with Gasteiger partial charge in [0.05, 0.1) is 13.2 Å². The van der Waals surface area contributed by atoms with Crippen molar-refractivity contribution in [2.45, 2.75) is 71.2 Å². The first-order valence-corrected chi connectivity index (χ1v) is 15.3. The summed E-state index contributed by atoms with van der Waals surface area (Å²) in [5.74, 6) is 0.338. The molecule has 1 saturated heterocycles. The molecule has 1 aliphatic rings. The number of methoxy groups -OCH3 is 1. The molecular weight excluding hydrogens is 515 g/mol. The van der Waals surface area contributed by atoms with Crippen LogP contribution in [-0.2, 0) is 21.0 Å². The number of ether oxygens (including phenoxy) is 2. The van der Waals surface area contributed by atoms with Crippen molar-refractivity contribution >= 4 is 42.7 Å². The van der Waals surface area contributed by atoms with Crippen LogP contribution in [0.3, 0.4) is 0 Å². The van der Waals surface area contributed by atoms with E-state index in [1.54, 1.807) is 4.90 Å². The van der Waals surface area contributed by atoms with Crippen LogP contribution >= 0.6 is 22.6 Å². The molecule has 0 aliphatic carbocycles. The van der Waals surface area contributed by atoms with Gasteiger partial charge in [-0.25, -0.2) is 14.6 Å². The van der Waals surface area contributed by atoms with Crippen molar-refractivity contribution in [2.24, 2.45) is 5.92 Å². The Bertz CT molecular complexity index is 735. The number of carbonyl (C=O) groups excluding carboxylic acids is 2. The van der Waals surface area contributed by atoms with Gasteiger partial charge in [-0.3, -0.25) is 0 Å². The maximum absolute atomic E-state index is 13.0. The molecule has 1 aromatic heterocycles. The molecule has 0 aromatic carbocycles. The second-order valence-electron chi connectivity index (χ2n) is 9.29. The molecule has 30 heavy (non-hydrogen) atoms. The molecule has 2 atom stereocenters.